The van der Waals surface area contributed by atoms with Crippen molar-refractivity contribution in [1.82, 2.24) is 4.98 Å². The van der Waals surface area contributed by atoms with Gasteiger partial charge in [-0.15, -0.1) is 0 Å². The van der Waals surface area contributed by atoms with Gasteiger partial charge >= 0.3 is 0 Å². The first-order valence-corrected chi connectivity index (χ1v) is 12.8. The first-order chi connectivity index (χ1) is 13.8. The van der Waals surface area contributed by atoms with Gasteiger partial charge in [0, 0.05) is 11.4 Å². The van der Waals surface area contributed by atoms with Gasteiger partial charge in [-0.2, -0.15) is 0 Å². The molecule has 0 fully saturated rings. The Hall–Kier alpha value is -0.850. The van der Waals surface area contributed by atoms with Crippen LogP contribution in [0.5, 0.6) is 0 Å². The molecule has 1 rings (SSSR count). The van der Waals surface area contributed by atoms with E-state index in [1.807, 2.05) is 0 Å². The van der Waals surface area contributed by atoms with Crippen LogP contribution in [0.1, 0.15) is 140 Å². The number of unbranched alkanes of at least 4 members (excludes halogenated alkanes) is 14. The van der Waals surface area contributed by atoms with Crippen LogP contribution in [0.3, 0.4) is 0 Å². The molecule has 0 saturated carbocycles. The summed E-state index contributed by atoms with van der Waals surface area (Å²) in [4.78, 5) is 5.00. The third-order valence-corrected chi connectivity index (χ3v) is 5.97. The second kappa shape index (κ2) is 18.2. The summed E-state index contributed by atoms with van der Waals surface area (Å²) < 4.78 is 0. The van der Waals surface area contributed by atoms with Crippen molar-refractivity contribution in [3.8, 4) is 0 Å². The Kier molecular flexibility index (Phi) is 16.4. The predicted molar refractivity (Wildman–Crippen MR) is 126 cm³/mol. The highest BCUT2D eigenvalue weighted by Gasteiger charge is 2.03. The van der Waals surface area contributed by atoms with Crippen LogP contribution in [0.15, 0.2) is 12.1 Å². The third-order valence-electron chi connectivity index (χ3n) is 5.97. The van der Waals surface area contributed by atoms with Gasteiger partial charge in [-0.25, -0.2) is 0 Å². The van der Waals surface area contributed by atoms with Crippen LogP contribution in [0.2, 0.25) is 0 Å². The molecule has 1 heterocycles. The summed E-state index contributed by atoms with van der Waals surface area (Å²) in [5.41, 5.74) is 4.18. The molecule has 0 saturated heterocycles. The molecular weight excluding hydrogens is 338 g/mol. The molecule has 0 aliphatic rings. The summed E-state index contributed by atoms with van der Waals surface area (Å²) in [7, 11) is 0. The average Bonchev–Trinajstić information content (AvgIpc) is 2.71. The Balaban J connectivity index is 2.22. The van der Waals surface area contributed by atoms with Crippen molar-refractivity contribution in [3.05, 3.63) is 29.1 Å². The highest BCUT2D eigenvalue weighted by molar-refractivity contribution is 5.22. The molecule has 0 aliphatic carbocycles. The SMILES string of the molecule is CCCCCCCCCCc1cc(CC)cc(CCCCCCCCCC)n1. The van der Waals surface area contributed by atoms with Gasteiger partial charge < -0.3 is 0 Å². The molecule has 1 aromatic heterocycles. The molecule has 0 aromatic carbocycles. The lowest BCUT2D eigenvalue weighted by atomic mass is 10.0. The minimum atomic E-state index is 1.14. The fraction of sp³-hybridized carbons (Fsp3) is 0.815. The standard InChI is InChI=1S/C27H49N/c1-4-7-9-11-13-15-17-19-21-26-23-25(6-3)24-27(28-26)22-20-18-16-14-12-10-8-5-2/h23-24H,4-22H2,1-3H3. The molecular formula is C27H49N. The van der Waals surface area contributed by atoms with E-state index in [1.165, 1.54) is 133 Å². The molecule has 0 atom stereocenters. The fourth-order valence-electron chi connectivity index (χ4n) is 4.06. The number of pyridine rings is 1. The number of hydrogen-bond acceptors (Lipinski definition) is 1. The maximum atomic E-state index is 5.00. The summed E-state index contributed by atoms with van der Waals surface area (Å²) in [6.07, 6.45) is 25.7. The van der Waals surface area contributed by atoms with Gasteiger partial charge in [0.25, 0.3) is 0 Å². The minimum absolute atomic E-state index is 1.14. The molecule has 1 aromatic rings. The van der Waals surface area contributed by atoms with Crippen LogP contribution in [0.4, 0.5) is 0 Å². The molecule has 0 amide bonds. The Labute approximate surface area is 177 Å². The molecule has 0 unspecified atom stereocenters. The van der Waals surface area contributed by atoms with E-state index in [4.69, 9.17) is 4.98 Å². The van der Waals surface area contributed by atoms with E-state index in [-0.39, 0.29) is 0 Å². The van der Waals surface area contributed by atoms with Crippen molar-refractivity contribution < 1.29 is 0 Å². The topological polar surface area (TPSA) is 12.9 Å². The second-order valence-electron chi connectivity index (χ2n) is 8.76. The summed E-state index contributed by atoms with van der Waals surface area (Å²) in [5, 5.41) is 0. The van der Waals surface area contributed by atoms with Gasteiger partial charge in [-0.05, 0) is 49.8 Å². The molecule has 1 nitrogen and oxygen atoms in total. The lowest BCUT2D eigenvalue weighted by molar-refractivity contribution is 0.570. The van der Waals surface area contributed by atoms with Gasteiger partial charge in [0.1, 0.15) is 0 Å². The van der Waals surface area contributed by atoms with Gasteiger partial charge in [0.05, 0.1) is 0 Å². The molecule has 0 bridgehead atoms. The van der Waals surface area contributed by atoms with Crippen molar-refractivity contribution in [2.45, 2.75) is 143 Å². The molecule has 0 aliphatic heterocycles. The molecule has 28 heavy (non-hydrogen) atoms. The summed E-state index contributed by atoms with van der Waals surface area (Å²) in [6, 6.07) is 4.72. The molecule has 1 heteroatoms. The number of hydrogen-bond donors (Lipinski definition) is 0. The predicted octanol–water partition coefficient (Wildman–Crippen LogP) is 9.01. The average molecular weight is 388 g/mol. The van der Waals surface area contributed by atoms with Gasteiger partial charge in [-0.3, -0.25) is 4.98 Å². The van der Waals surface area contributed by atoms with Crippen LogP contribution in [0.25, 0.3) is 0 Å². The number of rotatable bonds is 19. The number of aryl methyl sites for hydroxylation is 3. The summed E-state index contributed by atoms with van der Waals surface area (Å²) in [5.74, 6) is 0. The lowest BCUT2D eigenvalue weighted by Crippen LogP contribution is -1.99. The maximum Gasteiger partial charge on any atom is 0.0409 e. The molecule has 162 valence electrons. The third kappa shape index (κ3) is 13.3. The highest BCUT2D eigenvalue weighted by atomic mass is 14.7. The van der Waals surface area contributed by atoms with E-state index in [9.17, 15) is 0 Å². The fourth-order valence-corrected chi connectivity index (χ4v) is 4.06. The van der Waals surface area contributed by atoms with Crippen molar-refractivity contribution in [3.63, 3.8) is 0 Å². The smallest absolute Gasteiger partial charge is 0.0409 e. The Morgan fingerprint density at radius 3 is 1.21 bits per heavy atom. The first-order valence-electron chi connectivity index (χ1n) is 12.8. The monoisotopic (exact) mass is 387 g/mol. The zero-order valence-corrected chi connectivity index (χ0v) is 19.5. The van der Waals surface area contributed by atoms with Gasteiger partial charge in [0.15, 0.2) is 0 Å². The van der Waals surface area contributed by atoms with Crippen LogP contribution in [0, 0.1) is 0 Å². The van der Waals surface area contributed by atoms with Gasteiger partial charge in [-0.1, -0.05) is 111 Å². The lowest BCUT2D eigenvalue weighted by Gasteiger charge is -2.09. The van der Waals surface area contributed by atoms with Crippen molar-refractivity contribution in [2.75, 3.05) is 0 Å². The van der Waals surface area contributed by atoms with Crippen LogP contribution in [-0.4, -0.2) is 4.98 Å². The highest BCUT2D eigenvalue weighted by Crippen LogP contribution is 2.15. The van der Waals surface area contributed by atoms with E-state index < -0.39 is 0 Å². The summed E-state index contributed by atoms with van der Waals surface area (Å²) in [6.45, 7) is 6.86. The first kappa shape index (κ1) is 25.2. The number of nitrogens with zero attached hydrogens (tertiary/aromatic N) is 1. The number of aromatic nitrogens is 1. The van der Waals surface area contributed by atoms with Gasteiger partial charge in [0.2, 0.25) is 0 Å². The largest absolute Gasteiger partial charge is 0.258 e. The Morgan fingerprint density at radius 2 is 0.857 bits per heavy atom. The quantitative estimate of drug-likeness (QED) is 0.216. The van der Waals surface area contributed by atoms with E-state index in [2.05, 4.69) is 32.9 Å². The maximum absolute atomic E-state index is 5.00. The van der Waals surface area contributed by atoms with Crippen LogP contribution < -0.4 is 0 Å². The van der Waals surface area contributed by atoms with E-state index in [1.54, 1.807) is 0 Å². The van der Waals surface area contributed by atoms with Crippen molar-refractivity contribution >= 4 is 0 Å². The molecule has 0 spiro atoms. The molecule has 0 N–H and O–H groups in total. The Morgan fingerprint density at radius 1 is 0.500 bits per heavy atom. The van der Waals surface area contributed by atoms with E-state index >= 15 is 0 Å². The normalized spacial score (nSPS) is 11.2. The van der Waals surface area contributed by atoms with Crippen molar-refractivity contribution in [1.29, 1.82) is 0 Å². The van der Waals surface area contributed by atoms with Crippen molar-refractivity contribution in [2.24, 2.45) is 0 Å². The summed E-state index contributed by atoms with van der Waals surface area (Å²) >= 11 is 0. The Bertz CT molecular complexity index is 427. The second-order valence-corrected chi connectivity index (χ2v) is 8.76. The zero-order chi connectivity index (χ0) is 20.3. The zero-order valence-electron chi connectivity index (χ0n) is 19.5. The molecule has 0 radical (unpaired) electrons. The van der Waals surface area contributed by atoms with E-state index in [0.717, 1.165) is 6.42 Å². The minimum Gasteiger partial charge on any atom is -0.258 e. The van der Waals surface area contributed by atoms with E-state index in [0.29, 0.717) is 0 Å². The van der Waals surface area contributed by atoms with Crippen LogP contribution in [-0.2, 0) is 19.3 Å². The van der Waals surface area contributed by atoms with Crippen LogP contribution >= 0.6 is 0 Å².